The van der Waals surface area contributed by atoms with Crippen LogP contribution in [0.1, 0.15) is 25.1 Å². The largest absolute Gasteiger partial charge is 0.481 e. The molecule has 1 atom stereocenters. The second-order valence-electron chi connectivity index (χ2n) is 3.17. The summed E-state index contributed by atoms with van der Waals surface area (Å²) in [6.07, 6.45) is 2.42. The number of methoxy groups -OCH3 is 1. The van der Waals surface area contributed by atoms with Crippen molar-refractivity contribution in [3.8, 4) is 5.88 Å². The van der Waals surface area contributed by atoms with Crippen LogP contribution in [0.5, 0.6) is 5.88 Å². The summed E-state index contributed by atoms with van der Waals surface area (Å²) in [5, 5.41) is 0. The highest BCUT2D eigenvalue weighted by Crippen LogP contribution is 2.12. The summed E-state index contributed by atoms with van der Waals surface area (Å²) in [4.78, 5) is 7.98. The second-order valence-corrected chi connectivity index (χ2v) is 3.17. The first-order valence-corrected chi connectivity index (χ1v) is 4.97. The number of nitrogens with zero attached hydrogens (tertiary/aromatic N) is 2. The van der Waals surface area contributed by atoms with Gasteiger partial charge in [-0.2, -0.15) is 0 Å². The molecule has 0 aromatic carbocycles. The van der Waals surface area contributed by atoms with Gasteiger partial charge in [-0.15, -0.1) is 0 Å². The van der Waals surface area contributed by atoms with E-state index in [4.69, 9.17) is 15.2 Å². The minimum atomic E-state index is -0.228. The molecule has 1 unspecified atom stereocenters. The summed E-state index contributed by atoms with van der Waals surface area (Å²) >= 11 is 0. The van der Waals surface area contributed by atoms with Gasteiger partial charge in [-0.05, 0) is 6.42 Å². The number of aromatic nitrogens is 2. The zero-order chi connectivity index (χ0) is 11.1. The zero-order valence-electron chi connectivity index (χ0n) is 9.14. The third kappa shape index (κ3) is 3.81. The molecule has 5 heteroatoms. The Morgan fingerprint density at radius 1 is 1.47 bits per heavy atom. The van der Waals surface area contributed by atoms with Gasteiger partial charge in [0.2, 0.25) is 5.88 Å². The number of hydrogen-bond donors (Lipinski definition) is 1. The lowest BCUT2D eigenvalue weighted by Gasteiger charge is -2.11. The van der Waals surface area contributed by atoms with Crippen molar-refractivity contribution < 1.29 is 9.47 Å². The van der Waals surface area contributed by atoms with E-state index in [-0.39, 0.29) is 6.04 Å². The Kier molecular flexibility index (Phi) is 5.00. The highest BCUT2D eigenvalue weighted by Gasteiger charge is 2.08. The van der Waals surface area contributed by atoms with Crippen molar-refractivity contribution in [3.63, 3.8) is 0 Å². The fourth-order valence-electron chi connectivity index (χ4n) is 1.11. The van der Waals surface area contributed by atoms with E-state index in [2.05, 4.69) is 16.9 Å². The van der Waals surface area contributed by atoms with Crippen LogP contribution in [0, 0.1) is 0 Å². The smallest absolute Gasteiger partial charge is 0.216 e. The molecule has 5 nitrogen and oxygen atoms in total. The topological polar surface area (TPSA) is 70.3 Å². The lowest BCUT2D eigenvalue weighted by Crippen LogP contribution is -2.19. The molecule has 15 heavy (non-hydrogen) atoms. The Hall–Kier alpha value is -1.20. The van der Waals surface area contributed by atoms with Gasteiger partial charge in [0.1, 0.15) is 6.33 Å². The van der Waals surface area contributed by atoms with Crippen molar-refractivity contribution >= 4 is 0 Å². The van der Waals surface area contributed by atoms with E-state index in [1.54, 1.807) is 13.2 Å². The summed E-state index contributed by atoms with van der Waals surface area (Å²) in [6, 6.07) is 1.49. The quantitative estimate of drug-likeness (QED) is 0.708. The lowest BCUT2D eigenvalue weighted by atomic mass is 10.2. The average molecular weight is 211 g/mol. The highest BCUT2D eigenvalue weighted by molar-refractivity contribution is 5.16. The van der Waals surface area contributed by atoms with E-state index in [0.717, 1.165) is 18.7 Å². The van der Waals surface area contributed by atoms with Crippen molar-refractivity contribution in [2.75, 3.05) is 20.3 Å². The summed E-state index contributed by atoms with van der Waals surface area (Å²) in [6.45, 7) is 3.24. The molecule has 0 amide bonds. The number of ether oxygens (including phenoxy) is 2. The van der Waals surface area contributed by atoms with Crippen LogP contribution in [-0.2, 0) is 4.74 Å². The SMILES string of the molecule is CCCOCC(N)c1cc(OC)ncn1. The van der Waals surface area contributed by atoms with Crippen LogP contribution in [-0.4, -0.2) is 30.3 Å². The van der Waals surface area contributed by atoms with Gasteiger partial charge in [0, 0.05) is 12.7 Å². The molecule has 0 aliphatic rings. The van der Waals surface area contributed by atoms with Crippen LogP contribution in [0.4, 0.5) is 0 Å². The molecule has 1 rings (SSSR count). The van der Waals surface area contributed by atoms with Crippen molar-refractivity contribution in [1.29, 1.82) is 0 Å². The Morgan fingerprint density at radius 2 is 2.27 bits per heavy atom. The standard InChI is InChI=1S/C10H17N3O2/c1-3-4-15-6-8(11)9-5-10(14-2)13-7-12-9/h5,7-8H,3-4,6,11H2,1-2H3. The molecule has 0 bridgehead atoms. The maximum atomic E-state index is 5.89. The predicted octanol–water partition coefficient (Wildman–Crippen LogP) is 0.912. The monoisotopic (exact) mass is 211 g/mol. The Labute approximate surface area is 89.6 Å². The normalized spacial score (nSPS) is 12.5. The number of rotatable bonds is 6. The zero-order valence-corrected chi connectivity index (χ0v) is 9.14. The number of hydrogen-bond acceptors (Lipinski definition) is 5. The van der Waals surface area contributed by atoms with E-state index >= 15 is 0 Å². The first kappa shape index (κ1) is 11.9. The van der Waals surface area contributed by atoms with Gasteiger partial charge in [-0.25, -0.2) is 9.97 Å². The molecule has 0 radical (unpaired) electrons. The number of nitrogens with two attached hydrogens (primary N) is 1. The molecule has 0 spiro atoms. The third-order valence-corrected chi connectivity index (χ3v) is 1.90. The van der Waals surface area contributed by atoms with Crippen molar-refractivity contribution in [3.05, 3.63) is 18.1 Å². The highest BCUT2D eigenvalue weighted by atomic mass is 16.5. The Balaban J connectivity index is 2.52. The fraction of sp³-hybridized carbons (Fsp3) is 0.600. The van der Waals surface area contributed by atoms with Crippen molar-refractivity contribution in [2.24, 2.45) is 5.73 Å². The Morgan fingerprint density at radius 3 is 2.93 bits per heavy atom. The van der Waals surface area contributed by atoms with Crippen LogP contribution >= 0.6 is 0 Å². The summed E-state index contributed by atoms with van der Waals surface area (Å²) in [5.41, 5.74) is 6.62. The lowest BCUT2D eigenvalue weighted by molar-refractivity contribution is 0.120. The van der Waals surface area contributed by atoms with Crippen LogP contribution in [0.3, 0.4) is 0 Å². The van der Waals surface area contributed by atoms with Gasteiger partial charge in [-0.3, -0.25) is 0 Å². The molecule has 84 valence electrons. The van der Waals surface area contributed by atoms with E-state index in [9.17, 15) is 0 Å². The van der Waals surface area contributed by atoms with Gasteiger partial charge in [0.15, 0.2) is 0 Å². The van der Waals surface area contributed by atoms with Crippen LogP contribution in [0.25, 0.3) is 0 Å². The molecule has 0 saturated carbocycles. The summed E-state index contributed by atoms with van der Waals surface area (Å²) in [5.74, 6) is 0.519. The second kappa shape index (κ2) is 6.31. The van der Waals surface area contributed by atoms with Gasteiger partial charge >= 0.3 is 0 Å². The summed E-state index contributed by atoms with van der Waals surface area (Å²) in [7, 11) is 1.56. The fourth-order valence-corrected chi connectivity index (χ4v) is 1.11. The van der Waals surface area contributed by atoms with E-state index in [0.29, 0.717) is 12.5 Å². The van der Waals surface area contributed by atoms with Crippen LogP contribution < -0.4 is 10.5 Å². The van der Waals surface area contributed by atoms with Gasteiger partial charge < -0.3 is 15.2 Å². The van der Waals surface area contributed by atoms with Gasteiger partial charge in [-0.1, -0.05) is 6.92 Å². The average Bonchev–Trinajstić information content (AvgIpc) is 2.29. The molecule has 0 aliphatic carbocycles. The molecule has 1 aromatic rings. The van der Waals surface area contributed by atoms with E-state index in [1.807, 2.05) is 0 Å². The van der Waals surface area contributed by atoms with Gasteiger partial charge in [0.25, 0.3) is 0 Å². The Bertz CT molecular complexity index is 294. The third-order valence-electron chi connectivity index (χ3n) is 1.90. The minimum absolute atomic E-state index is 0.228. The molecule has 0 aliphatic heterocycles. The molecule has 1 heterocycles. The maximum Gasteiger partial charge on any atom is 0.216 e. The predicted molar refractivity (Wildman–Crippen MR) is 56.6 cm³/mol. The maximum absolute atomic E-state index is 5.89. The van der Waals surface area contributed by atoms with Gasteiger partial charge in [0.05, 0.1) is 25.5 Å². The van der Waals surface area contributed by atoms with Crippen molar-refractivity contribution in [1.82, 2.24) is 9.97 Å². The van der Waals surface area contributed by atoms with Crippen LogP contribution in [0.15, 0.2) is 12.4 Å². The molecule has 2 N–H and O–H groups in total. The van der Waals surface area contributed by atoms with Crippen molar-refractivity contribution in [2.45, 2.75) is 19.4 Å². The molecule has 0 saturated heterocycles. The molecule has 1 aromatic heterocycles. The molecular weight excluding hydrogens is 194 g/mol. The van der Waals surface area contributed by atoms with E-state index in [1.165, 1.54) is 6.33 Å². The minimum Gasteiger partial charge on any atom is -0.481 e. The molecule has 0 fully saturated rings. The van der Waals surface area contributed by atoms with E-state index < -0.39 is 0 Å². The first-order chi connectivity index (χ1) is 7.27. The molecular formula is C10H17N3O2. The first-order valence-electron chi connectivity index (χ1n) is 4.97. The van der Waals surface area contributed by atoms with Crippen LogP contribution in [0.2, 0.25) is 0 Å². The summed E-state index contributed by atoms with van der Waals surface area (Å²) < 4.78 is 10.3.